The second-order valence-corrected chi connectivity index (χ2v) is 6.24. The van der Waals surface area contributed by atoms with E-state index >= 15 is 0 Å². The standard InChI is InChI=1S/C20H19NO/c1-20(2)16-11-6-7-12-17(16)21-14-8-13-18(21)19(22-20)15-9-4-3-5-10-15/h3-14,19H,1-2H3. The molecule has 0 N–H and O–H groups in total. The van der Waals surface area contributed by atoms with Crippen molar-refractivity contribution >= 4 is 0 Å². The van der Waals surface area contributed by atoms with Crippen LogP contribution in [0.2, 0.25) is 0 Å². The predicted molar refractivity (Wildman–Crippen MR) is 88.2 cm³/mol. The Morgan fingerprint density at radius 3 is 2.41 bits per heavy atom. The molecular weight excluding hydrogens is 270 g/mol. The van der Waals surface area contributed by atoms with E-state index in [1.807, 2.05) is 6.07 Å². The third-order valence-electron chi connectivity index (χ3n) is 4.38. The van der Waals surface area contributed by atoms with Crippen LogP contribution in [0.25, 0.3) is 5.69 Å². The number of hydrogen-bond donors (Lipinski definition) is 0. The lowest BCUT2D eigenvalue weighted by molar-refractivity contribution is -0.0592. The maximum Gasteiger partial charge on any atom is 0.124 e. The van der Waals surface area contributed by atoms with Gasteiger partial charge in [-0.2, -0.15) is 0 Å². The van der Waals surface area contributed by atoms with E-state index in [1.165, 1.54) is 22.5 Å². The SMILES string of the molecule is CC1(C)OC(c2ccccc2)c2cccn2-c2ccccc21. The van der Waals surface area contributed by atoms with E-state index in [0.717, 1.165) is 0 Å². The van der Waals surface area contributed by atoms with Crippen LogP contribution < -0.4 is 0 Å². The van der Waals surface area contributed by atoms with E-state index in [0.29, 0.717) is 0 Å². The minimum absolute atomic E-state index is 0.0707. The average molecular weight is 289 g/mol. The van der Waals surface area contributed by atoms with Gasteiger partial charge in [0, 0.05) is 11.8 Å². The number of rotatable bonds is 1. The smallest absolute Gasteiger partial charge is 0.124 e. The summed E-state index contributed by atoms with van der Waals surface area (Å²) >= 11 is 0. The fraction of sp³-hybridized carbons (Fsp3) is 0.200. The van der Waals surface area contributed by atoms with Crippen molar-refractivity contribution in [3.63, 3.8) is 0 Å². The summed E-state index contributed by atoms with van der Waals surface area (Å²) in [7, 11) is 0. The highest BCUT2D eigenvalue weighted by Gasteiger charge is 2.34. The van der Waals surface area contributed by atoms with Crippen molar-refractivity contribution in [3.8, 4) is 5.69 Å². The summed E-state index contributed by atoms with van der Waals surface area (Å²) in [4.78, 5) is 0. The molecule has 2 aromatic carbocycles. The van der Waals surface area contributed by atoms with Gasteiger partial charge in [0.25, 0.3) is 0 Å². The number of nitrogens with zero attached hydrogens (tertiary/aromatic N) is 1. The normalized spacial score (nSPS) is 19.1. The Kier molecular flexibility index (Phi) is 2.95. The number of aromatic nitrogens is 1. The second kappa shape index (κ2) is 4.85. The van der Waals surface area contributed by atoms with Crippen LogP contribution in [-0.4, -0.2) is 4.57 Å². The van der Waals surface area contributed by atoms with Crippen molar-refractivity contribution in [1.29, 1.82) is 0 Å². The minimum atomic E-state index is -0.351. The van der Waals surface area contributed by atoms with Crippen molar-refractivity contribution in [2.24, 2.45) is 0 Å². The number of para-hydroxylation sites is 1. The molecule has 1 atom stereocenters. The number of hydrogen-bond acceptors (Lipinski definition) is 1. The molecule has 22 heavy (non-hydrogen) atoms. The Hall–Kier alpha value is -2.32. The van der Waals surface area contributed by atoms with Gasteiger partial charge < -0.3 is 9.30 Å². The Morgan fingerprint density at radius 2 is 1.59 bits per heavy atom. The molecule has 0 radical (unpaired) electrons. The van der Waals surface area contributed by atoms with Crippen LogP contribution in [-0.2, 0) is 10.3 Å². The van der Waals surface area contributed by atoms with Crippen LogP contribution in [0.5, 0.6) is 0 Å². The lowest BCUT2D eigenvalue weighted by Gasteiger charge is -2.29. The molecule has 1 aliphatic heterocycles. The lowest BCUT2D eigenvalue weighted by atomic mass is 9.96. The summed E-state index contributed by atoms with van der Waals surface area (Å²) in [5.74, 6) is 0. The number of ether oxygens (including phenoxy) is 1. The first-order chi connectivity index (χ1) is 10.7. The van der Waals surface area contributed by atoms with Crippen molar-refractivity contribution in [2.75, 3.05) is 0 Å². The van der Waals surface area contributed by atoms with Crippen LogP contribution >= 0.6 is 0 Å². The van der Waals surface area contributed by atoms with E-state index in [4.69, 9.17) is 4.74 Å². The highest BCUT2D eigenvalue weighted by Crippen LogP contribution is 2.42. The minimum Gasteiger partial charge on any atom is -0.357 e. The molecule has 3 aromatic rings. The van der Waals surface area contributed by atoms with E-state index < -0.39 is 0 Å². The van der Waals surface area contributed by atoms with Crippen molar-refractivity contribution < 1.29 is 4.74 Å². The number of benzene rings is 2. The third kappa shape index (κ3) is 1.99. The van der Waals surface area contributed by atoms with Crippen LogP contribution in [0.1, 0.15) is 36.8 Å². The first kappa shape index (κ1) is 13.4. The fourth-order valence-electron chi connectivity index (χ4n) is 3.31. The van der Waals surface area contributed by atoms with Crippen LogP contribution in [0.15, 0.2) is 72.9 Å². The summed E-state index contributed by atoms with van der Waals surface area (Å²) < 4.78 is 8.83. The summed E-state index contributed by atoms with van der Waals surface area (Å²) in [5.41, 5.74) is 4.42. The summed E-state index contributed by atoms with van der Waals surface area (Å²) in [6.45, 7) is 4.29. The summed E-state index contributed by atoms with van der Waals surface area (Å²) in [5, 5.41) is 0. The molecule has 1 aliphatic rings. The molecule has 0 saturated carbocycles. The molecule has 0 fully saturated rings. The van der Waals surface area contributed by atoms with Gasteiger partial charge in [0.2, 0.25) is 0 Å². The molecule has 1 aromatic heterocycles. The van der Waals surface area contributed by atoms with Gasteiger partial charge in [0.1, 0.15) is 6.10 Å². The Morgan fingerprint density at radius 1 is 0.864 bits per heavy atom. The van der Waals surface area contributed by atoms with Gasteiger partial charge in [-0.25, -0.2) is 0 Å². The van der Waals surface area contributed by atoms with Gasteiger partial charge in [-0.3, -0.25) is 0 Å². The molecule has 2 heterocycles. The fourth-order valence-corrected chi connectivity index (χ4v) is 3.31. The van der Waals surface area contributed by atoms with Crippen molar-refractivity contribution in [2.45, 2.75) is 25.6 Å². The van der Waals surface area contributed by atoms with E-state index in [9.17, 15) is 0 Å². The van der Waals surface area contributed by atoms with Gasteiger partial charge in [0.15, 0.2) is 0 Å². The molecule has 0 saturated heterocycles. The molecular formula is C20H19NO. The molecule has 2 nitrogen and oxygen atoms in total. The molecule has 0 spiro atoms. The van der Waals surface area contributed by atoms with Crippen LogP contribution in [0, 0.1) is 0 Å². The first-order valence-electron chi connectivity index (χ1n) is 7.67. The summed E-state index contributed by atoms with van der Waals surface area (Å²) in [6.07, 6.45) is 2.05. The maximum atomic E-state index is 6.58. The zero-order valence-corrected chi connectivity index (χ0v) is 12.9. The second-order valence-electron chi connectivity index (χ2n) is 6.24. The maximum absolute atomic E-state index is 6.58. The topological polar surface area (TPSA) is 14.2 Å². The van der Waals surface area contributed by atoms with E-state index in [1.54, 1.807) is 0 Å². The largest absolute Gasteiger partial charge is 0.357 e. The molecule has 0 amide bonds. The quantitative estimate of drug-likeness (QED) is 0.625. The lowest BCUT2D eigenvalue weighted by Crippen LogP contribution is -2.23. The number of fused-ring (bicyclic) bond motifs is 3. The molecule has 110 valence electrons. The predicted octanol–water partition coefficient (Wildman–Crippen LogP) is 4.83. The van der Waals surface area contributed by atoms with E-state index in [2.05, 4.69) is 85.3 Å². The van der Waals surface area contributed by atoms with Crippen LogP contribution in [0.4, 0.5) is 0 Å². The molecule has 0 aliphatic carbocycles. The highest BCUT2D eigenvalue weighted by molar-refractivity contribution is 5.48. The van der Waals surface area contributed by atoms with Gasteiger partial charge in [-0.15, -0.1) is 0 Å². The molecule has 1 unspecified atom stereocenters. The Balaban J connectivity index is 1.96. The zero-order valence-electron chi connectivity index (χ0n) is 12.9. The molecule has 0 bridgehead atoms. The van der Waals surface area contributed by atoms with Crippen molar-refractivity contribution in [1.82, 2.24) is 4.57 Å². The molecule has 2 heteroatoms. The van der Waals surface area contributed by atoms with Gasteiger partial charge in [-0.05, 0) is 37.6 Å². The van der Waals surface area contributed by atoms with Crippen LogP contribution in [0.3, 0.4) is 0 Å². The average Bonchev–Trinajstić information content (AvgIpc) is 2.99. The van der Waals surface area contributed by atoms with Crippen molar-refractivity contribution in [3.05, 3.63) is 89.7 Å². The Bertz CT molecular complexity index is 801. The van der Waals surface area contributed by atoms with Gasteiger partial charge in [-0.1, -0.05) is 48.5 Å². The van der Waals surface area contributed by atoms with Gasteiger partial charge in [0.05, 0.1) is 17.0 Å². The zero-order chi connectivity index (χ0) is 15.2. The molecule has 4 rings (SSSR count). The summed E-state index contributed by atoms with van der Waals surface area (Å²) in [6, 6.07) is 23.2. The van der Waals surface area contributed by atoms with E-state index in [-0.39, 0.29) is 11.7 Å². The Labute approximate surface area is 131 Å². The first-order valence-corrected chi connectivity index (χ1v) is 7.67. The van der Waals surface area contributed by atoms with Gasteiger partial charge >= 0.3 is 0 Å². The third-order valence-corrected chi connectivity index (χ3v) is 4.38. The monoisotopic (exact) mass is 289 g/mol. The highest BCUT2D eigenvalue weighted by atomic mass is 16.5.